The molecule has 1 fully saturated rings. The standard InChI is InChI=1S/C23H25FN2O/c1-16-3-8-22-19(11-16)12-20(14-26-10-9-17(13-26)15-27-2)23(25-22)18-4-6-21(24)7-5-18/h3-8,11-12,17H,9-10,13-15H2,1-2H3/t17-/m1/s1. The number of pyridine rings is 1. The van der Waals surface area contributed by atoms with Gasteiger partial charge in [0.25, 0.3) is 0 Å². The molecule has 1 atom stereocenters. The number of nitrogens with zero attached hydrogens (tertiary/aromatic N) is 2. The Hall–Kier alpha value is -2.30. The molecule has 1 aliphatic rings. The molecular weight excluding hydrogens is 339 g/mol. The summed E-state index contributed by atoms with van der Waals surface area (Å²) in [5, 5.41) is 1.16. The number of halogens is 1. The van der Waals surface area contributed by atoms with Crippen LogP contribution in [0.2, 0.25) is 0 Å². The molecule has 4 heteroatoms. The maximum absolute atomic E-state index is 13.4. The zero-order valence-electron chi connectivity index (χ0n) is 15.9. The number of likely N-dealkylation sites (tertiary alicyclic amines) is 1. The summed E-state index contributed by atoms with van der Waals surface area (Å²) in [5.41, 5.74) is 5.30. The number of hydrogen-bond acceptors (Lipinski definition) is 3. The third-order valence-corrected chi connectivity index (χ3v) is 5.33. The Morgan fingerprint density at radius 3 is 2.74 bits per heavy atom. The molecule has 0 N–H and O–H groups in total. The Balaban J connectivity index is 1.72. The van der Waals surface area contributed by atoms with Crippen LogP contribution in [0.4, 0.5) is 4.39 Å². The molecule has 3 aromatic rings. The van der Waals surface area contributed by atoms with Crippen molar-refractivity contribution in [2.75, 3.05) is 26.8 Å². The molecule has 0 saturated carbocycles. The van der Waals surface area contributed by atoms with Crippen molar-refractivity contribution in [2.24, 2.45) is 5.92 Å². The van der Waals surface area contributed by atoms with Crippen LogP contribution >= 0.6 is 0 Å². The van der Waals surface area contributed by atoms with E-state index in [1.807, 2.05) is 12.1 Å². The largest absolute Gasteiger partial charge is 0.384 e. The average Bonchev–Trinajstić information content (AvgIpc) is 3.09. The quantitative estimate of drug-likeness (QED) is 0.649. The Morgan fingerprint density at radius 1 is 1.15 bits per heavy atom. The highest BCUT2D eigenvalue weighted by Gasteiger charge is 2.23. The van der Waals surface area contributed by atoms with Crippen molar-refractivity contribution < 1.29 is 9.13 Å². The van der Waals surface area contributed by atoms with Gasteiger partial charge in [0.1, 0.15) is 5.82 Å². The van der Waals surface area contributed by atoms with Gasteiger partial charge in [-0.1, -0.05) is 11.6 Å². The predicted molar refractivity (Wildman–Crippen MR) is 107 cm³/mol. The SMILES string of the molecule is COC[C@@H]1CCN(Cc2cc3cc(C)ccc3nc2-c2ccc(F)cc2)C1. The molecule has 27 heavy (non-hydrogen) atoms. The fourth-order valence-electron chi connectivity index (χ4n) is 3.99. The van der Waals surface area contributed by atoms with Gasteiger partial charge < -0.3 is 4.74 Å². The lowest BCUT2D eigenvalue weighted by Gasteiger charge is -2.19. The molecule has 140 valence electrons. The van der Waals surface area contributed by atoms with Crippen molar-refractivity contribution in [3.05, 3.63) is 65.5 Å². The first kappa shape index (κ1) is 18.1. The monoisotopic (exact) mass is 364 g/mol. The van der Waals surface area contributed by atoms with Crippen LogP contribution in [-0.2, 0) is 11.3 Å². The number of fused-ring (bicyclic) bond motifs is 1. The first-order valence-corrected chi connectivity index (χ1v) is 9.50. The molecule has 2 aromatic carbocycles. The minimum atomic E-state index is -0.223. The molecule has 0 spiro atoms. The second kappa shape index (κ2) is 7.75. The number of benzene rings is 2. The van der Waals surface area contributed by atoms with E-state index in [2.05, 4.69) is 36.1 Å². The first-order chi connectivity index (χ1) is 13.1. The number of ether oxygens (including phenoxy) is 1. The van der Waals surface area contributed by atoms with Gasteiger partial charge in [0.05, 0.1) is 17.8 Å². The second-order valence-electron chi connectivity index (χ2n) is 7.54. The van der Waals surface area contributed by atoms with E-state index in [4.69, 9.17) is 9.72 Å². The molecule has 0 aliphatic carbocycles. The summed E-state index contributed by atoms with van der Waals surface area (Å²) in [6.07, 6.45) is 1.17. The van der Waals surface area contributed by atoms with E-state index in [1.165, 1.54) is 29.7 Å². The molecule has 1 aromatic heterocycles. The maximum Gasteiger partial charge on any atom is 0.123 e. The fourth-order valence-corrected chi connectivity index (χ4v) is 3.99. The summed E-state index contributed by atoms with van der Waals surface area (Å²) in [7, 11) is 1.77. The van der Waals surface area contributed by atoms with E-state index in [-0.39, 0.29) is 5.82 Å². The Morgan fingerprint density at radius 2 is 1.96 bits per heavy atom. The minimum absolute atomic E-state index is 0.223. The first-order valence-electron chi connectivity index (χ1n) is 9.50. The van der Waals surface area contributed by atoms with Crippen LogP contribution < -0.4 is 0 Å². The van der Waals surface area contributed by atoms with E-state index >= 15 is 0 Å². The van der Waals surface area contributed by atoms with Crippen molar-refractivity contribution in [3.8, 4) is 11.3 Å². The smallest absolute Gasteiger partial charge is 0.123 e. The number of hydrogen-bond donors (Lipinski definition) is 0. The Bertz CT molecular complexity index is 939. The normalized spacial score (nSPS) is 17.7. The van der Waals surface area contributed by atoms with Gasteiger partial charge in [-0.25, -0.2) is 9.37 Å². The van der Waals surface area contributed by atoms with Crippen molar-refractivity contribution in [1.29, 1.82) is 0 Å². The van der Waals surface area contributed by atoms with Crippen molar-refractivity contribution in [2.45, 2.75) is 19.9 Å². The van der Waals surface area contributed by atoms with Crippen molar-refractivity contribution in [3.63, 3.8) is 0 Å². The molecule has 0 radical (unpaired) electrons. The maximum atomic E-state index is 13.4. The summed E-state index contributed by atoms with van der Waals surface area (Å²) in [6.45, 7) is 5.88. The molecule has 0 amide bonds. The molecule has 3 nitrogen and oxygen atoms in total. The minimum Gasteiger partial charge on any atom is -0.384 e. The van der Waals surface area contributed by atoms with E-state index in [0.717, 1.165) is 48.4 Å². The van der Waals surface area contributed by atoms with Gasteiger partial charge in [0.2, 0.25) is 0 Å². The molecule has 0 unspecified atom stereocenters. The van der Waals surface area contributed by atoms with Crippen LogP contribution in [0.1, 0.15) is 17.5 Å². The molecule has 0 bridgehead atoms. The van der Waals surface area contributed by atoms with Crippen LogP contribution in [0.3, 0.4) is 0 Å². The molecule has 1 aliphatic heterocycles. The summed E-state index contributed by atoms with van der Waals surface area (Å²) in [6, 6.07) is 15.2. The third kappa shape index (κ3) is 4.02. The molecule has 1 saturated heterocycles. The van der Waals surface area contributed by atoms with Gasteiger partial charge in [-0.3, -0.25) is 4.90 Å². The second-order valence-corrected chi connectivity index (χ2v) is 7.54. The topological polar surface area (TPSA) is 25.4 Å². The average molecular weight is 364 g/mol. The van der Waals surface area contributed by atoms with E-state index in [1.54, 1.807) is 7.11 Å². The lowest BCUT2D eigenvalue weighted by atomic mass is 10.0. The third-order valence-electron chi connectivity index (χ3n) is 5.33. The summed E-state index contributed by atoms with van der Waals surface area (Å²) in [5.74, 6) is 0.374. The molecule has 4 rings (SSSR count). The number of aryl methyl sites for hydroxylation is 1. The predicted octanol–water partition coefficient (Wildman–Crippen LogP) is 4.82. The van der Waals surface area contributed by atoms with Crippen molar-refractivity contribution in [1.82, 2.24) is 9.88 Å². The van der Waals surface area contributed by atoms with Gasteiger partial charge in [0, 0.05) is 31.1 Å². The highest BCUT2D eigenvalue weighted by Crippen LogP contribution is 2.29. The zero-order chi connectivity index (χ0) is 18.8. The van der Waals surface area contributed by atoms with Gasteiger partial charge >= 0.3 is 0 Å². The van der Waals surface area contributed by atoms with Crippen LogP contribution in [0.15, 0.2) is 48.5 Å². The summed E-state index contributed by atoms with van der Waals surface area (Å²) in [4.78, 5) is 7.41. The highest BCUT2D eigenvalue weighted by molar-refractivity contribution is 5.84. The summed E-state index contributed by atoms with van der Waals surface area (Å²) < 4.78 is 18.7. The van der Waals surface area contributed by atoms with Crippen LogP contribution in [0, 0.1) is 18.7 Å². The van der Waals surface area contributed by atoms with E-state index in [9.17, 15) is 4.39 Å². The van der Waals surface area contributed by atoms with Crippen LogP contribution in [0.25, 0.3) is 22.2 Å². The summed E-state index contributed by atoms with van der Waals surface area (Å²) >= 11 is 0. The molecule has 2 heterocycles. The Labute approximate surface area is 159 Å². The lowest BCUT2D eigenvalue weighted by molar-refractivity contribution is 0.152. The van der Waals surface area contributed by atoms with Gasteiger partial charge in [-0.15, -0.1) is 0 Å². The fraction of sp³-hybridized carbons (Fsp3) is 0.348. The van der Waals surface area contributed by atoms with E-state index in [0.29, 0.717) is 5.92 Å². The van der Waals surface area contributed by atoms with Gasteiger partial charge in [-0.2, -0.15) is 0 Å². The van der Waals surface area contributed by atoms with Crippen LogP contribution in [0.5, 0.6) is 0 Å². The molecular formula is C23H25FN2O. The number of methoxy groups -OCH3 is 1. The Kier molecular flexibility index (Phi) is 5.19. The zero-order valence-corrected chi connectivity index (χ0v) is 15.9. The number of aromatic nitrogens is 1. The number of rotatable bonds is 5. The van der Waals surface area contributed by atoms with Gasteiger partial charge in [-0.05, 0) is 73.8 Å². The lowest BCUT2D eigenvalue weighted by Crippen LogP contribution is -2.22. The van der Waals surface area contributed by atoms with Crippen LogP contribution in [-0.4, -0.2) is 36.7 Å². The van der Waals surface area contributed by atoms with Gasteiger partial charge in [0.15, 0.2) is 0 Å². The highest BCUT2D eigenvalue weighted by atomic mass is 19.1. The van der Waals surface area contributed by atoms with E-state index < -0.39 is 0 Å². The van der Waals surface area contributed by atoms with Crippen molar-refractivity contribution >= 4 is 10.9 Å².